The number of alkyl halides is 6. The van der Waals surface area contributed by atoms with Gasteiger partial charge in [0.1, 0.15) is 23.0 Å². The van der Waals surface area contributed by atoms with Gasteiger partial charge in [-0.05, 0) is 93.7 Å². The molecule has 4 aromatic carbocycles. The van der Waals surface area contributed by atoms with Crippen LogP contribution in [0.4, 0.5) is 26.3 Å². The lowest BCUT2D eigenvalue weighted by molar-refractivity contribution is -0.254. The fraction of sp³-hybridized carbons (Fsp3) is 0.171. The van der Waals surface area contributed by atoms with E-state index in [1.165, 1.54) is 51.3 Å². The highest BCUT2D eigenvalue weighted by Crippen LogP contribution is 2.67. The van der Waals surface area contributed by atoms with E-state index in [0.29, 0.717) is 22.6 Å². The average molecular weight is 765 g/mol. The van der Waals surface area contributed by atoms with Gasteiger partial charge in [-0.25, -0.2) is 0 Å². The van der Waals surface area contributed by atoms with Crippen LogP contribution in [0.2, 0.25) is 0 Å². The van der Waals surface area contributed by atoms with Crippen molar-refractivity contribution in [1.29, 1.82) is 0 Å². The maximum Gasteiger partial charge on any atom is 0.380 e. The molecule has 0 aliphatic heterocycles. The van der Waals surface area contributed by atoms with Crippen molar-refractivity contribution in [2.24, 2.45) is 0 Å². The first-order chi connectivity index (χ1) is 25.4. The Labute approximate surface area is 309 Å². The summed E-state index contributed by atoms with van der Waals surface area (Å²) in [5, 5.41) is 2.82. The van der Waals surface area contributed by atoms with E-state index in [9.17, 15) is 0 Å². The number of halogens is 6. The molecule has 4 nitrogen and oxygen atoms in total. The van der Waals surface area contributed by atoms with Gasteiger partial charge in [-0.3, -0.25) is 0 Å². The van der Waals surface area contributed by atoms with E-state index >= 15 is 26.3 Å². The predicted molar refractivity (Wildman–Crippen MR) is 198 cm³/mol. The molecule has 0 saturated heterocycles. The second-order valence-corrected chi connectivity index (χ2v) is 13.9. The summed E-state index contributed by atoms with van der Waals surface area (Å²) >= 11 is 1.91. The maximum atomic E-state index is 16.3. The van der Waals surface area contributed by atoms with Gasteiger partial charge >= 0.3 is 17.8 Å². The number of ether oxygens (including phenoxy) is 4. The van der Waals surface area contributed by atoms with Crippen LogP contribution < -0.4 is 18.9 Å². The summed E-state index contributed by atoms with van der Waals surface area (Å²) in [6, 6.07) is 26.6. The van der Waals surface area contributed by atoms with Crippen LogP contribution in [0.1, 0.15) is 11.1 Å². The highest BCUT2D eigenvalue weighted by molar-refractivity contribution is 7.14. The number of allylic oxidation sites excluding steroid dienone is 2. The van der Waals surface area contributed by atoms with E-state index in [1.54, 1.807) is 84.9 Å². The van der Waals surface area contributed by atoms with E-state index in [0.717, 1.165) is 33.8 Å². The van der Waals surface area contributed by atoms with Crippen LogP contribution in [-0.4, -0.2) is 46.2 Å². The largest absolute Gasteiger partial charge is 0.497 e. The first-order valence-electron chi connectivity index (χ1n) is 16.1. The van der Waals surface area contributed by atoms with Gasteiger partial charge in [0.05, 0.1) is 28.4 Å². The summed E-state index contributed by atoms with van der Waals surface area (Å²) in [6.45, 7) is 0. The summed E-state index contributed by atoms with van der Waals surface area (Å²) in [5.41, 5.74) is -0.490. The first-order valence-corrected chi connectivity index (χ1v) is 17.8. The van der Waals surface area contributed by atoms with Crippen molar-refractivity contribution in [3.05, 3.63) is 119 Å². The summed E-state index contributed by atoms with van der Waals surface area (Å²) in [6.07, 6.45) is 0. The van der Waals surface area contributed by atoms with Crippen LogP contribution in [0.25, 0.3) is 54.3 Å². The summed E-state index contributed by atoms with van der Waals surface area (Å²) in [5.74, 6) is -14.6. The van der Waals surface area contributed by atoms with Crippen LogP contribution in [0.15, 0.2) is 108 Å². The topological polar surface area (TPSA) is 36.9 Å². The molecular weight excluding hydrogens is 735 g/mol. The SMILES string of the molecule is COc1ccc(-c2ccc(OC)c(-c3sccc3C3=C(c4ccsc4-c4cc(-c5ccc(OC)cc5)ccc4OC)C(F)(F)C(F)(F)C3(F)F)c2)cc1. The summed E-state index contributed by atoms with van der Waals surface area (Å²) in [7, 11) is 5.81. The third-order valence-corrected chi connectivity index (χ3v) is 11.2. The Balaban J connectivity index is 1.45. The van der Waals surface area contributed by atoms with Crippen LogP contribution in [0, 0.1) is 0 Å². The van der Waals surface area contributed by atoms with Crippen molar-refractivity contribution in [3.8, 4) is 66.1 Å². The summed E-state index contributed by atoms with van der Waals surface area (Å²) in [4.78, 5) is 0.127. The minimum Gasteiger partial charge on any atom is -0.497 e. The van der Waals surface area contributed by atoms with Gasteiger partial charge in [-0.1, -0.05) is 36.4 Å². The highest BCUT2D eigenvalue weighted by atomic mass is 32.1. The van der Waals surface area contributed by atoms with Gasteiger partial charge in [-0.2, -0.15) is 26.3 Å². The fourth-order valence-electron chi connectivity index (χ4n) is 6.56. The molecule has 0 radical (unpaired) electrons. The molecular formula is C41H30F6O4S2. The Morgan fingerprint density at radius 1 is 0.415 bits per heavy atom. The van der Waals surface area contributed by atoms with Crippen LogP contribution in [-0.2, 0) is 0 Å². The van der Waals surface area contributed by atoms with Crippen molar-refractivity contribution in [2.45, 2.75) is 17.8 Å². The average Bonchev–Trinajstić information content (AvgIpc) is 3.88. The van der Waals surface area contributed by atoms with Crippen LogP contribution in [0.5, 0.6) is 23.0 Å². The Bertz CT molecular complexity index is 2160. The number of benzene rings is 4. The molecule has 0 amide bonds. The van der Waals surface area contributed by atoms with Crippen LogP contribution in [0.3, 0.4) is 0 Å². The van der Waals surface area contributed by atoms with Crippen molar-refractivity contribution in [3.63, 3.8) is 0 Å². The van der Waals surface area contributed by atoms with E-state index < -0.39 is 40.0 Å². The molecule has 2 heterocycles. The lowest BCUT2D eigenvalue weighted by atomic mass is 9.91. The zero-order valence-electron chi connectivity index (χ0n) is 28.6. The number of thiophene rings is 2. The third kappa shape index (κ3) is 5.84. The summed E-state index contributed by atoms with van der Waals surface area (Å²) < 4.78 is 118. The zero-order chi connectivity index (χ0) is 37.7. The molecule has 1 aliphatic rings. The van der Waals surface area contributed by atoms with Crippen molar-refractivity contribution < 1.29 is 45.3 Å². The van der Waals surface area contributed by atoms with Gasteiger partial charge in [0.2, 0.25) is 0 Å². The van der Waals surface area contributed by atoms with E-state index in [1.807, 2.05) is 0 Å². The van der Waals surface area contributed by atoms with Gasteiger partial charge in [0.25, 0.3) is 0 Å². The quantitative estimate of drug-likeness (QED) is 0.130. The minimum atomic E-state index is -5.76. The Kier molecular flexibility index (Phi) is 9.32. The number of rotatable bonds is 10. The molecule has 0 spiro atoms. The van der Waals surface area contributed by atoms with E-state index in [-0.39, 0.29) is 32.4 Å². The molecule has 0 unspecified atom stereocenters. The van der Waals surface area contributed by atoms with Gasteiger partial charge in [0, 0.05) is 43.2 Å². The third-order valence-electron chi connectivity index (χ3n) is 9.27. The molecule has 1 aliphatic carbocycles. The standard InChI is InChI=1S/C41H30F6O4S2/c1-48-27-11-5-23(6-12-27)25-9-15-33(50-3)31(21-25)37-29(17-19-52-37)35-36(40(44,45)41(46,47)39(35,42)43)30-18-20-53-38(30)32-22-26(10-16-34(32)51-4)24-7-13-28(49-2)14-8-24/h5-22H,1-4H3. The minimum absolute atomic E-state index is 0.0637. The van der Waals surface area contributed by atoms with Gasteiger partial charge in [0.15, 0.2) is 0 Å². The molecule has 0 saturated carbocycles. The number of methoxy groups -OCH3 is 4. The molecule has 7 rings (SSSR count). The molecule has 0 atom stereocenters. The number of hydrogen-bond donors (Lipinski definition) is 0. The van der Waals surface area contributed by atoms with E-state index in [2.05, 4.69) is 0 Å². The highest BCUT2D eigenvalue weighted by Gasteiger charge is 2.80. The van der Waals surface area contributed by atoms with Crippen molar-refractivity contribution in [1.82, 2.24) is 0 Å². The molecule has 0 N–H and O–H groups in total. The molecule has 2 aromatic heterocycles. The molecule has 0 bridgehead atoms. The molecule has 12 heteroatoms. The molecule has 53 heavy (non-hydrogen) atoms. The zero-order valence-corrected chi connectivity index (χ0v) is 30.2. The molecule has 272 valence electrons. The second-order valence-electron chi connectivity index (χ2n) is 12.1. The van der Waals surface area contributed by atoms with Crippen LogP contribution >= 0.6 is 22.7 Å². The lowest BCUT2D eigenvalue weighted by Crippen LogP contribution is -2.48. The second kappa shape index (κ2) is 13.7. The fourth-order valence-corrected chi connectivity index (χ4v) is 8.41. The lowest BCUT2D eigenvalue weighted by Gasteiger charge is -2.26. The predicted octanol–water partition coefficient (Wildman–Crippen LogP) is 12.3. The number of hydrogen-bond acceptors (Lipinski definition) is 6. The van der Waals surface area contributed by atoms with Crippen molar-refractivity contribution >= 4 is 33.8 Å². The van der Waals surface area contributed by atoms with Gasteiger partial charge < -0.3 is 18.9 Å². The first kappa shape index (κ1) is 36.2. The van der Waals surface area contributed by atoms with E-state index in [4.69, 9.17) is 18.9 Å². The molecule has 0 fully saturated rings. The monoisotopic (exact) mass is 764 g/mol. The smallest absolute Gasteiger partial charge is 0.380 e. The Morgan fingerprint density at radius 3 is 1.11 bits per heavy atom. The maximum absolute atomic E-state index is 16.3. The Hall–Kier alpha value is -5.20. The van der Waals surface area contributed by atoms with Crippen molar-refractivity contribution in [2.75, 3.05) is 28.4 Å². The van der Waals surface area contributed by atoms with Gasteiger partial charge in [-0.15, -0.1) is 22.7 Å². The molecule has 6 aromatic rings. The normalized spacial score (nSPS) is 15.7. The Morgan fingerprint density at radius 2 is 0.774 bits per heavy atom.